The molecule has 3 aromatic carbocycles. The number of rotatable bonds is 15. The molecular weight excluding hydrogens is 580 g/mol. The number of benzene rings is 3. The zero-order valence-electron chi connectivity index (χ0n) is 24.6. The number of carbonyl (C=O) groups excluding carboxylic acids is 1. The molecule has 0 aliphatic rings. The highest BCUT2D eigenvalue weighted by Crippen LogP contribution is 2.19. The van der Waals surface area contributed by atoms with Crippen molar-refractivity contribution >= 4 is 21.5 Å². The van der Waals surface area contributed by atoms with Gasteiger partial charge in [-0.2, -0.15) is 0 Å². The van der Waals surface area contributed by atoms with Crippen molar-refractivity contribution in [1.29, 1.82) is 0 Å². The molecule has 9 nitrogen and oxygen atoms in total. The minimum Gasteiger partial charge on any atom is -0.497 e. The first-order valence-corrected chi connectivity index (χ1v) is 15.6. The molecule has 0 spiro atoms. The summed E-state index contributed by atoms with van der Waals surface area (Å²) >= 11 is 0. The summed E-state index contributed by atoms with van der Waals surface area (Å²) < 4.78 is 58.0. The summed E-state index contributed by atoms with van der Waals surface area (Å²) in [4.78, 5) is 18.6. The van der Waals surface area contributed by atoms with Gasteiger partial charge in [-0.3, -0.25) is 4.79 Å². The molecule has 1 amide bonds. The first-order chi connectivity index (χ1) is 20.4. The molecular formula is C31H37F2N3O6S. The van der Waals surface area contributed by atoms with E-state index in [1.165, 1.54) is 18.2 Å². The molecule has 0 unspecified atom stereocenters. The van der Waals surface area contributed by atoms with Gasteiger partial charge in [-0.05, 0) is 73.4 Å². The maximum absolute atomic E-state index is 14.0. The topological polar surface area (TPSA) is 126 Å². The fourth-order valence-corrected chi connectivity index (χ4v) is 4.93. The van der Waals surface area contributed by atoms with Crippen LogP contribution in [0.2, 0.25) is 0 Å². The number of oxime groups is 1. The van der Waals surface area contributed by atoms with E-state index < -0.39 is 39.5 Å². The summed E-state index contributed by atoms with van der Waals surface area (Å²) in [5.74, 6) is -1.61. The minimum absolute atomic E-state index is 0.00470. The van der Waals surface area contributed by atoms with Gasteiger partial charge in [0.05, 0.1) is 29.9 Å². The molecule has 3 aromatic rings. The van der Waals surface area contributed by atoms with Gasteiger partial charge in [0.1, 0.15) is 24.0 Å². The molecule has 0 fully saturated rings. The van der Waals surface area contributed by atoms with Gasteiger partial charge in [0.2, 0.25) is 0 Å². The Morgan fingerprint density at radius 3 is 2.37 bits per heavy atom. The van der Waals surface area contributed by atoms with Crippen LogP contribution in [0.15, 0.2) is 70.7 Å². The normalized spacial score (nSPS) is 13.3. The molecule has 2 atom stereocenters. The van der Waals surface area contributed by atoms with E-state index in [1.807, 2.05) is 25.1 Å². The van der Waals surface area contributed by atoms with Crippen LogP contribution in [0.1, 0.15) is 47.3 Å². The summed E-state index contributed by atoms with van der Waals surface area (Å²) in [6, 6.07) is 13.4. The van der Waals surface area contributed by atoms with Crippen molar-refractivity contribution in [3.63, 3.8) is 0 Å². The first kappa shape index (κ1) is 33.6. The van der Waals surface area contributed by atoms with Crippen LogP contribution in [0.4, 0.5) is 8.78 Å². The molecule has 0 heterocycles. The number of hydrogen-bond donors (Lipinski definition) is 3. The Morgan fingerprint density at radius 2 is 1.72 bits per heavy atom. The molecule has 0 saturated heterocycles. The van der Waals surface area contributed by atoms with Crippen molar-refractivity contribution in [3.05, 3.63) is 94.6 Å². The average Bonchev–Trinajstić information content (AvgIpc) is 2.95. The number of nitrogens with zero attached hydrogens (tertiary/aromatic N) is 1. The number of amides is 1. The Labute approximate surface area is 250 Å². The predicted octanol–water partition coefficient (Wildman–Crippen LogP) is 4.02. The molecule has 232 valence electrons. The standard InChI is InChI=1S/C31H37F2N3O6S/c1-5-9-42-36-20(2)23-14-24(16-28(15-23)43(4,39)40)31(38)35-29(13-22-10-25(32)17-26(33)11-22)30(37)19-34-18-21-7-6-8-27(12-21)41-3/h6-8,10-12,14-17,29-30,34,37H,5,9,13,18-19H2,1-4H3,(H,35,38)/b36-20-/t29-,30-/m0/s1. The van der Waals surface area contributed by atoms with Gasteiger partial charge in [0, 0.05) is 36.5 Å². The zero-order chi connectivity index (χ0) is 31.6. The number of hydrogen-bond acceptors (Lipinski definition) is 8. The van der Waals surface area contributed by atoms with Gasteiger partial charge in [-0.25, -0.2) is 17.2 Å². The SMILES string of the molecule is CCCO/N=C(/C)c1cc(C(=O)N[C@@H](Cc2cc(F)cc(F)c2)[C@@H](O)CNCc2cccc(OC)c2)cc(S(C)(=O)=O)c1. The van der Waals surface area contributed by atoms with Gasteiger partial charge in [0.25, 0.3) is 5.91 Å². The second-order valence-corrected chi connectivity index (χ2v) is 12.2. The molecule has 0 bridgehead atoms. The van der Waals surface area contributed by atoms with E-state index in [-0.39, 0.29) is 29.0 Å². The fourth-order valence-electron chi connectivity index (χ4n) is 4.25. The number of carbonyl (C=O) groups is 1. The number of aliphatic hydroxyl groups excluding tert-OH is 1. The van der Waals surface area contributed by atoms with Crippen molar-refractivity contribution in [2.75, 3.05) is 26.5 Å². The van der Waals surface area contributed by atoms with E-state index in [2.05, 4.69) is 15.8 Å². The van der Waals surface area contributed by atoms with E-state index in [4.69, 9.17) is 9.57 Å². The largest absolute Gasteiger partial charge is 0.497 e. The van der Waals surface area contributed by atoms with Crippen molar-refractivity contribution in [2.45, 2.75) is 50.3 Å². The van der Waals surface area contributed by atoms with Crippen molar-refractivity contribution in [3.8, 4) is 5.75 Å². The average molecular weight is 618 g/mol. The van der Waals surface area contributed by atoms with Crippen LogP contribution >= 0.6 is 0 Å². The Bertz CT molecular complexity index is 1530. The molecule has 0 saturated carbocycles. The van der Waals surface area contributed by atoms with Crippen molar-refractivity contribution < 1.29 is 36.7 Å². The highest BCUT2D eigenvalue weighted by atomic mass is 32.2. The summed E-state index contributed by atoms with van der Waals surface area (Å²) in [5, 5.41) is 21.0. The van der Waals surface area contributed by atoms with Crippen LogP contribution < -0.4 is 15.4 Å². The van der Waals surface area contributed by atoms with E-state index in [1.54, 1.807) is 20.1 Å². The summed E-state index contributed by atoms with van der Waals surface area (Å²) in [7, 11) is -2.16. The van der Waals surface area contributed by atoms with E-state index >= 15 is 0 Å². The van der Waals surface area contributed by atoms with E-state index in [0.29, 0.717) is 30.2 Å². The van der Waals surface area contributed by atoms with Crippen LogP contribution in [0.3, 0.4) is 0 Å². The second-order valence-electron chi connectivity index (χ2n) is 10.1. The Morgan fingerprint density at radius 1 is 1.02 bits per heavy atom. The van der Waals surface area contributed by atoms with Crippen LogP contribution in [0.5, 0.6) is 5.75 Å². The third kappa shape index (κ3) is 10.4. The molecule has 0 aromatic heterocycles. The third-order valence-corrected chi connectivity index (χ3v) is 7.58. The smallest absolute Gasteiger partial charge is 0.251 e. The van der Waals surface area contributed by atoms with Gasteiger partial charge in [0.15, 0.2) is 9.84 Å². The van der Waals surface area contributed by atoms with E-state index in [0.717, 1.165) is 36.4 Å². The third-order valence-electron chi connectivity index (χ3n) is 6.49. The van der Waals surface area contributed by atoms with Crippen LogP contribution in [0, 0.1) is 11.6 Å². The number of sulfone groups is 1. The minimum atomic E-state index is -3.71. The lowest BCUT2D eigenvalue weighted by Crippen LogP contribution is -2.48. The summed E-state index contributed by atoms with van der Waals surface area (Å²) in [6.45, 7) is 4.30. The van der Waals surface area contributed by atoms with Crippen LogP contribution in [-0.2, 0) is 27.6 Å². The molecule has 3 rings (SSSR count). The number of halogens is 2. The molecule has 12 heteroatoms. The van der Waals surface area contributed by atoms with Crippen LogP contribution in [-0.4, -0.2) is 63.8 Å². The Kier molecular flexibility index (Phi) is 12.2. The molecule has 0 aliphatic carbocycles. The monoisotopic (exact) mass is 617 g/mol. The number of nitrogens with one attached hydrogen (secondary N) is 2. The van der Waals surface area contributed by atoms with Gasteiger partial charge in [-0.1, -0.05) is 24.2 Å². The molecule has 43 heavy (non-hydrogen) atoms. The number of methoxy groups -OCH3 is 1. The van der Waals surface area contributed by atoms with Crippen molar-refractivity contribution in [2.24, 2.45) is 5.16 Å². The predicted molar refractivity (Wildman–Crippen MR) is 160 cm³/mol. The van der Waals surface area contributed by atoms with Gasteiger partial charge < -0.3 is 25.3 Å². The summed E-state index contributed by atoms with van der Waals surface area (Å²) in [6.07, 6.45) is 0.449. The Balaban J connectivity index is 1.87. The number of aliphatic hydroxyl groups is 1. The number of ether oxygens (including phenoxy) is 1. The lowest BCUT2D eigenvalue weighted by molar-refractivity contribution is 0.0829. The molecule has 3 N–H and O–H groups in total. The maximum atomic E-state index is 14.0. The van der Waals surface area contributed by atoms with Crippen LogP contribution in [0.25, 0.3) is 0 Å². The highest BCUT2D eigenvalue weighted by molar-refractivity contribution is 7.90. The summed E-state index contributed by atoms with van der Waals surface area (Å²) in [5.41, 5.74) is 1.82. The van der Waals surface area contributed by atoms with Gasteiger partial charge >= 0.3 is 0 Å². The quantitative estimate of drug-likeness (QED) is 0.134. The fraction of sp³-hybridized carbons (Fsp3) is 0.355. The Hall–Kier alpha value is -3.87. The maximum Gasteiger partial charge on any atom is 0.251 e. The van der Waals surface area contributed by atoms with Crippen molar-refractivity contribution in [1.82, 2.24) is 10.6 Å². The van der Waals surface area contributed by atoms with E-state index in [9.17, 15) is 27.1 Å². The molecule has 0 aliphatic heterocycles. The lowest BCUT2D eigenvalue weighted by Gasteiger charge is -2.25. The molecule has 0 radical (unpaired) electrons. The first-order valence-electron chi connectivity index (χ1n) is 13.7. The zero-order valence-corrected chi connectivity index (χ0v) is 25.4. The highest BCUT2D eigenvalue weighted by Gasteiger charge is 2.24. The van der Waals surface area contributed by atoms with Gasteiger partial charge in [-0.15, -0.1) is 0 Å². The second kappa shape index (κ2) is 15.6. The lowest BCUT2D eigenvalue weighted by atomic mass is 9.99.